The molecule has 0 fully saturated rings. The van der Waals surface area contributed by atoms with E-state index in [9.17, 15) is 13.6 Å². The fraction of sp³-hybridized carbons (Fsp3) is 0.150. The largest absolute Gasteiger partial charge is 0.434 e. The molecule has 0 atom stereocenters. The number of alkyl halides is 2. The summed E-state index contributed by atoms with van der Waals surface area (Å²) >= 11 is 1.43. The fourth-order valence-corrected chi connectivity index (χ4v) is 3.29. The summed E-state index contributed by atoms with van der Waals surface area (Å²) in [5, 5.41) is 5.01. The molecule has 3 aromatic rings. The highest BCUT2D eigenvalue weighted by molar-refractivity contribution is 8.00. The molecule has 26 heavy (non-hydrogen) atoms. The second kappa shape index (κ2) is 8.67. The second-order valence-corrected chi connectivity index (χ2v) is 6.61. The van der Waals surface area contributed by atoms with Crippen LogP contribution in [0.4, 0.5) is 8.78 Å². The van der Waals surface area contributed by atoms with Gasteiger partial charge < -0.3 is 10.1 Å². The number of hydrogen-bond donors (Lipinski definition) is 1. The Bertz CT molecular complexity index is 902. The summed E-state index contributed by atoms with van der Waals surface area (Å²) in [6.07, 6.45) is 0. The van der Waals surface area contributed by atoms with Crippen molar-refractivity contribution in [3.63, 3.8) is 0 Å². The molecule has 0 heterocycles. The number of para-hydroxylation sites is 1. The van der Waals surface area contributed by atoms with Gasteiger partial charge in [0.15, 0.2) is 0 Å². The van der Waals surface area contributed by atoms with Gasteiger partial charge in [0.1, 0.15) is 5.75 Å². The second-order valence-electron chi connectivity index (χ2n) is 5.56. The van der Waals surface area contributed by atoms with Crippen molar-refractivity contribution in [2.75, 3.05) is 5.75 Å². The number of ether oxygens (including phenoxy) is 1. The van der Waals surface area contributed by atoms with Crippen molar-refractivity contribution in [3.05, 3.63) is 72.3 Å². The molecule has 3 nitrogen and oxygen atoms in total. The minimum Gasteiger partial charge on any atom is -0.434 e. The Balaban J connectivity index is 1.54. The predicted octanol–water partition coefficient (Wildman–Crippen LogP) is 4.85. The molecule has 0 bridgehead atoms. The molecule has 0 aliphatic rings. The van der Waals surface area contributed by atoms with Gasteiger partial charge in [0.05, 0.1) is 5.75 Å². The molecule has 0 unspecified atom stereocenters. The fourth-order valence-electron chi connectivity index (χ4n) is 2.51. The number of thioether (sulfide) groups is 1. The SMILES string of the molecule is O=C(CSc1ccc2ccccc2c1)NCc1ccccc1OC(F)F. The van der Waals surface area contributed by atoms with Crippen LogP contribution in [0, 0.1) is 0 Å². The molecule has 0 spiro atoms. The van der Waals surface area contributed by atoms with Crippen LogP contribution in [0.25, 0.3) is 10.8 Å². The molecule has 6 heteroatoms. The molecule has 0 saturated carbocycles. The molecule has 1 N–H and O–H groups in total. The number of benzene rings is 3. The smallest absolute Gasteiger partial charge is 0.387 e. The Morgan fingerprint density at radius 3 is 2.54 bits per heavy atom. The topological polar surface area (TPSA) is 38.3 Å². The number of halogens is 2. The van der Waals surface area contributed by atoms with Gasteiger partial charge in [-0.15, -0.1) is 11.8 Å². The van der Waals surface area contributed by atoms with Gasteiger partial charge in [-0.1, -0.05) is 48.5 Å². The molecule has 3 rings (SSSR count). The first-order valence-electron chi connectivity index (χ1n) is 8.03. The van der Waals surface area contributed by atoms with E-state index in [-0.39, 0.29) is 24.0 Å². The average molecular weight is 373 g/mol. The number of carbonyl (C=O) groups is 1. The maximum Gasteiger partial charge on any atom is 0.387 e. The number of rotatable bonds is 7. The average Bonchev–Trinajstić information content (AvgIpc) is 2.65. The number of nitrogens with one attached hydrogen (secondary N) is 1. The van der Waals surface area contributed by atoms with E-state index in [0.29, 0.717) is 5.56 Å². The number of amides is 1. The predicted molar refractivity (Wildman–Crippen MR) is 99.6 cm³/mol. The molecule has 0 aromatic heterocycles. The van der Waals surface area contributed by atoms with Gasteiger partial charge in [-0.3, -0.25) is 4.79 Å². The van der Waals surface area contributed by atoms with Gasteiger partial charge in [-0.05, 0) is 29.0 Å². The lowest BCUT2D eigenvalue weighted by Gasteiger charge is -2.11. The van der Waals surface area contributed by atoms with Gasteiger partial charge >= 0.3 is 6.61 Å². The zero-order valence-electron chi connectivity index (χ0n) is 13.8. The van der Waals surface area contributed by atoms with Crippen molar-refractivity contribution in [3.8, 4) is 5.75 Å². The van der Waals surface area contributed by atoms with E-state index in [1.165, 1.54) is 17.8 Å². The first kappa shape index (κ1) is 18.2. The summed E-state index contributed by atoms with van der Waals surface area (Å²) in [4.78, 5) is 13.1. The highest BCUT2D eigenvalue weighted by Gasteiger charge is 2.10. The van der Waals surface area contributed by atoms with Crippen LogP contribution in [0.2, 0.25) is 0 Å². The van der Waals surface area contributed by atoms with E-state index >= 15 is 0 Å². The molecule has 134 valence electrons. The van der Waals surface area contributed by atoms with Crippen LogP contribution in [0.1, 0.15) is 5.56 Å². The third-order valence-electron chi connectivity index (χ3n) is 3.76. The number of hydrogen-bond acceptors (Lipinski definition) is 3. The van der Waals surface area contributed by atoms with Crippen LogP contribution in [0.15, 0.2) is 71.6 Å². The Hall–Kier alpha value is -2.60. The monoisotopic (exact) mass is 373 g/mol. The van der Waals surface area contributed by atoms with Crippen LogP contribution in [-0.4, -0.2) is 18.3 Å². The van der Waals surface area contributed by atoms with Crippen LogP contribution in [0.3, 0.4) is 0 Å². The first-order chi connectivity index (χ1) is 12.6. The van der Waals surface area contributed by atoms with E-state index < -0.39 is 6.61 Å². The van der Waals surface area contributed by atoms with Gasteiger partial charge in [0, 0.05) is 17.0 Å². The third-order valence-corrected chi connectivity index (χ3v) is 4.75. The molecule has 0 saturated heterocycles. The van der Waals surface area contributed by atoms with Gasteiger partial charge in [0.2, 0.25) is 5.91 Å². The molecular weight excluding hydrogens is 356 g/mol. The van der Waals surface area contributed by atoms with Crippen LogP contribution in [-0.2, 0) is 11.3 Å². The molecule has 3 aromatic carbocycles. The normalized spacial score (nSPS) is 10.9. The lowest BCUT2D eigenvalue weighted by atomic mass is 10.1. The maximum absolute atomic E-state index is 12.4. The molecule has 0 radical (unpaired) electrons. The van der Waals surface area contributed by atoms with Crippen LogP contribution >= 0.6 is 11.8 Å². The Morgan fingerprint density at radius 2 is 1.73 bits per heavy atom. The van der Waals surface area contributed by atoms with Crippen molar-refractivity contribution in [1.29, 1.82) is 0 Å². The third kappa shape index (κ3) is 4.95. The van der Waals surface area contributed by atoms with E-state index in [2.05, 4.69) is 10.1 Å². The van der Waals surface area contributed by atoms with Gasteiger partial charge in [0.25, 0.3) is 0 Å². The van der Waals surface area contributed by atoms with Crippen molar-refractivity contribution in [2.45, 2.75) is 18.1 Å². The first-order valence-corrected chi connectivity index (χ1v) is 9.01. The molecule has 0 aliphatic carbocycles. The minimum atomic E-state index is -2.89. The molecule has 0 aliphatic heterocycles. The summed E-state index contributed by atoms with van der Waals surface area (Å²) < 4.78 is 29.3. The quantitative estimate of drug-likeness (QED) is 0.602. The highest BCUT2D eigenvalue weighted by atomic mass is 32.2. The van der Waals surface area contributed by atoms with E-state index in [4.69, 9.17) is 0 Å². The van der Waals surface area contributed by atoms with E-state index in [0.717, 1.165) is 15.7 Å². The molecular formula is C20H17F2NO2S. The highest BCUT2D eigenvalue weighted by Crippen LogP contribution is 2.24. The van der Waals surface area contributed by atoms with Crippen molar-refractivity contribution in [1.82, 2.24) is 5.32 Å². The lowest BCUT2D eigenvalue weighted by Crippen LogP contribution is -2.25. The Kier molecular flexibility index (Phi) is 6.07. The summed E-state index contributed by atoms with van der Waals surface area (Å²) in [5.74, 6) is 0.149. The summed E-state index contributed by atoms with van der Waals surface area (Å²) in [6, 6.07) is 20.5. The van der Waals surface area contributed by atoms with Crippen molar-refractivity contribution < 1.29 is 18.3 Å². The summed E-state index contributed by atoms with van der Waals surface area (Å²) in [5.41, 5.74) is 0.511. The van der Waals surface area contributed by atoms with Crippen LogP contribution < -0.4 is 10.1 Å². The Morgan fingerprint density at radius 1 is 1.00 bits per heavy atom. The zero-order valence-corrected chi connectivity index (χ0v) is 14.6. The van der Waals surface area contributed by atoms with Crippen molar-refractivity contribution in [2.24, 2.45) is 0 Å². The number of fused-ring (bicyclic) bond motifs is 1. The summed E-state index contributed by atoms with van der Waals surface area (Å²) in [6.45, 7) is -2.75. The van der Waals surface area contributed by atoms with Gasteiger partial charge in [-0.25, -0.2) is 0 Å². The van der Waals surface area contributed by atoms with Gasteiger partial charge in [-0.2, -0.15) is 8.78 Å². The minimum absolute atomic E-state index is 0.0741. The molecule has 1 amide bonds. The standard InChI is InChI=1S/C20H17F2NO2S/c21-20(22)25-18-8-4-3-7-16(18)12-23-19(24)13-26-17-10-9-14-5-1-2-6-15(14)11-17/h1-11,20H,12-13H2,(H,23,24). The zero-order chi connectivity index (χ0) is 18.4. The van der Waals surface area contributed by atoms with E-state index in [1.807, 2.05) is 42.5 Å². The lowest BCUT2D eigenvalue weighted by molar-refractivity contribution is -0.118. The van der Waals surface area contributed by atoms with Crippen molar-refractivity contribution >= 4 is 28.4 Å². The number of carbonyl (C=O) groups excluding carboxylic acids is 1. The maximum atomic E-state index is 12.4. The van der Waals surface area contributed by atoms with Crippen LogP contribution in [0.5, 0.6) is 5.75 Å². The summed E-state index contributed by atoms with van der Waals surface area (Å²) in [7, 11) is 0. The Labute approximate surface area is 154 Å². The van der Waals surface area contributed by atoms with E-state index in [1.54, 1.807) is 18.2 Å².